The lowest BCUT2D eigenvalue weighted by atomic mass is 9.89. The van der Waals surface area contributed by atoms with Crippen molar-refractivity contribution in [3.8, 4) is 11.5 Å². The number of carbonyl (C=O) groups excluding carboxylic acids is 3. The van der Waals surface area contributed by atoms with Gasteiger partial charge >= 0.3 is 11.9 Å². The molecule has 0 unspecified atom stereocenters. The standard InChI is InChI=1S/C29H38N2O8/c1-18(2)11-12-22-19(3)38-29(34)23(16-36-17-25(22)37-15-21-9-7-6-8-10-21)31-28(33)26-27(39-20(4)32)24(35-5)13-14-30-26/h6-10,13-14,18-19,22-23,25H,11-12,15-17H2,1-5H3,(H,31,33)/t19-,22-,23-,25-/m0/s1. The molecule has 10 nitrogen and oxygen atoms in total. The van der Waals surface area contributed by atoms with Gasteiger partial charge in [0, 0.05) is 25.1 Å². The SMILES string of the molecule is COc1ccnc(C(=O)N[C@H]2COC[C@H](OCc3ccccc3)[C@@H](CCC(C)C)[C@H](C)OC2=O)c1OC(C)=O. The molecule has 0 bridgehead atoms. The van der Waals surface area contributed by atoms with E-state index in [2.05, 4.69) is 24.1 Å². The van der Waals surface area contributed by atoms with Crippen molar-refractivity contribution >= 4 is 17.8 Å². The minimum atomic E-state index is -1.11. The number of hydrogen-bond donors (Lipinski definition) is 1. The number of amides is 1. The van der Waals surface area contributed by atoms with Gasteiger partial charge in [0.05, 0.1) is 33.0 Å². The summed E-state index contributed by atoms with van der Waals surface area (Å²) in [4.78, 5) is 42.0. The lowest BCUT2D eigenvalue weighted by Gasteiger charge is -2.31. The summed E-state index contributed by atoms with van der Waals surface area (Å²) in [5.74, 6) is -1.65. The van der Waals surface area contributed by atoms with Crippen molar-refractivity contribution in [1.82, 2.24) is 10.3 Å². The average Bonchev–Trinajstić information content (AvgIpc) is 2.95. The lowest BCUT2D eigenvalue weighted by molar-refractivity contribution is -0.155. The fourth-order valence-electron chi connectivity index (χ4n) is 4.37. The van der Waals surface area contributed by atoms with Gasteiger partial charge in [-0.1, -0.05) is 50.6 Å². The molecule has 10 heteroatoms. The van der Waals surface area contributed by atoms with E-state index in [9.17, 15) is 14.4 Å². The van der Waals surface area contributed by atoms with E-state index >= 15 is 0 Å². The van der Waals surface area contributed by atoms with E-state index in [1.165, 1.54) is 26.3 Å². The van der Waals surface area contributed by atoms with E-state index < -0.39 is 30.0 Å². The molecule has 4 atom stereocenters. The Morgan fingerprint density at radius 2 is 1.90 bits per heavy atom. The molecule has 0 aliphatic carbocycles. The van der Waals surface area contributed by atoms with Gasteiger partial charge in [-0.3, -0.25) is 9.59 Å². The first-order chi connectivity index (χ1) is 18.7. The Labute approximate surface area is 229 Å². The third kappa shape index (κ3) is 8.76. The predicted molar refractivity (Wildman–Crippen MR) is 142 cm³/mol. The van der Waals surface area contributed by atoms with Gasteiger partial charge in [0.2, 0.25) is 5.75 Å². The van der Waals surface area contributed by atoms with Crippen LogP contribution >= 0.6 is 0 Å². The number of carbonyl (C=O) groups is 3. The van der Waals surface area contributed by atoms with E-state index in [4.69, 9.17) is 23.7 Å². The van der Waals surface area contributed by atoms with Gasteiger partial charge in [-0.2, -0.15) is 0 Å². The number of benzene rings is 1. The van der Waals surface area contributed by atoms with Crippen LogP contribution in [-0.4, -0.2) is 61.4 Å². The maximum Gasteiger partial charge on any atom is 0.331 e. The molecule has 0 spiro atoms. The molecule has 2 heterocycles. The summed E-state index contributed by atoms with van der Waals surface area (Å²) in [7, 11) is 1.38. The van der Waals surface area contributed by atoms with Gasteiger partial charge in [0.1, 0.15) is 6.10 Å². The Bertz CT molecular complexity index is 1110. The normalized spacial score (nSPS) is 21.7. The molecule has 1 aliphatic rings. The number of cyclic esters (lactones) is 1. The van der Waals surface area contributed by atoms with Crippen molar-refractivity contribution in [2.75, 3.05) is 20.3 Å². The third-order valence-electron chi connectivity index (χ3n) is 6.47. The zero-order valence-corrected chi connectivity index (χ0v) is 23.2. The molecule has 0 radical (unpaired) electrons. The molecule has 2 aromatic rings. The number of esters is 2. The van der Waals surface area contributed by atoms with E-state index in [-0.39, 0.29) is 42.4 Å². The van der Waals surface area contributed by atoms with E-state index in [0.717, 1.165) is 18.4 Å². The smallest absolute Gasteiger partial charge is 0.331 e. The molecule has 1 aliphatic heterocycles. The Hall–Kier alpha value is -3.50. The summed E-state index contributed by atoms with van der Waals surface area (Å²) in [6.45, 7) is 7.81. The van der Waals surface area contributed by atoms with Crippen molar-refractivity contribution < 1.29 is 38.1 Å². The third-order valence-corrected chi connectivity index (χ3v) is 6.47. The highest BCUT2D eigenvalue weighted by Gasteiger charge is 2.36. The molecule has 1 N–H and O–H groups in total. The number of ether oxygens (including phenoxy) is 5. The van der Waals surface area contributed by atoms with Crippen molar-refractivity contribution in [2.24, 2.45) is 11.8 Å². The average molecular weight is 543 g/mol. The van der Waals surface area contributed by atoms with E-state index in [0.29, 0.717) is 12.5 Å². The number of pyridine rings is 1. The molecule has 1 fully saturated rings. The maximum absolute atomic E-state index is 13.2. The Morgan fingerprint density at radius 3 is 2.56 bits per heavy atom. The van der Waals surface area contributed by atoms with Gasteiger partial charge in [0.15, 0.2) is 17.5 Å². The topological polar surface area (TPSA) is 122 Å². The molecule has 212 valence electrons. The first-order valence-corrected chi connectivity index (χ1v) is 13.2. The van der Waals surface area contributed by atoms with Gasteiger partial charge < -0.3 is 29.0 Å². The minimum Gasteiger partial charge on any atom is -0.493 e. The number of aromatic nitrogens is 1. The van der Waals surface area contributed by atoms with Crippen LogP contribution in [0.4, 0.5) is 0 Å². The van der Waals surface area contributed by atoms with Gasteiger partial charge in [-0.25, -0.2) is 9.78 Å². The zero-order valence-electron chi connectivity index (χ0n) is 23.2. The van der Waals surface area contributed by atoms with Crippen LogP contribution in [0.1, 0.15) is 56.6 Å². The first kappa shape index (κ1) is 30.0. The second-order valence-electron chi connectivity index (χ2n) is 9.96. The molecule has 0 saturated carbocycles. The maximum atomic E-state index is 13.2. The van der Waals surface area contributed by atoms with Gasteiger partial charge in [-0.15, -0.1) is 0 Å². The van der Waals surface area contributed by atoms with E-state index in [1.807, 2.05) is 37.3 Å². The largest absolute Gasteiger partial charge is 0.493 e. The number of methoxy groups -OCH3 is 1. The van der Waals surface area contributed by atoms with Crippen LogP contribution < -0.4 is 14.8 Å². The van der Waals surface area contributed by atoms with Gasteiger partial charge in [0.25, 0.3) is 5.91 Å². The minimum absolute atomic E-state index is 0.106. The Kier molecular flexibility index (Phi) is 11.2. The Balaban J connectivity index is 1.78. The summed E-state index contributed by atoms with van der Waals surface area (Å²) in [5.41, 5.74) is 0.827. The van der Waals surface area contributed by atoms with Crippen LogP contribution in [0, 0.1) is 11.8 Å². The van der Waals surface area contributed by atoms with Gasteiger partial charge in [-0.05, 0) is 24.8 Å². The fourth-order valence-corrected chi connectivity index (χ4v) is 4.37. The summed E-state index contributed by atoms with van der Waals surface area (Å²) < 4.78 is 28.5. The van der Waals surface area contributed by atoms with Crippen LogP contribution in [0.25, 0.3) is 0 Å². The summed E-state index contributed by atoms with van der Waals surface area (Å²) in [6.07, 6.45) is 2.25. The first-order valence-electron chi connectivity index (χ1n) is 13.2. The molecule has 1 aromatic heterocycles. The van der Waals surface area contributed by atoms with Crippen LogP contribution in [0.5, 0.6) is 11.5 Å². The molecular weight excluding hydrogens is 504 g/mol. The van der Waals surface area contributed by atoms with Crippen molar-refractivity contribution in [3.05, 3.63) is 53.9 Å². The summed E-state index contributed by atoms with van der Waals surface area (Å²) >= 11 is 0. The van der Waals surface area contributed by atoms with E-state index in [1.54, 1.807) is 0 Å². The van der Waals surface area contributed by atoms with Crippen LogP contribution in [0.15, 0.2) is 42.6 Å². The molecule has 3 rings (SSSR count). The molecule has 1 aromatic carbocycles. The second-order valence-corrected chi connectivity index (χ2v) is 9.96. The van der Waals surface area contributed by atoms with Crippen LogP contribution in [-0.2, 0) is 30.4 Å². The lowest BCUT2D eigenvalue weighted by Crippen LogP contribution is -2.46. The van der Waals surface area contributed by atoms with Crippen molar-refractivity contribution in [2.45, 2.75) is 65.4 Å². The Morgan fingerprint density at radius 1 is 1.15 bits per heavy atom. The highest BCUT2D eigenvalue weighted by Crippen LogP contribution is 2.30. The fraction of sp³-hybridized carbons (Fsp3) is 0.517. The second kappa shape index (κ2) is 14.6. The summed E-state index contributed by atoms with van der Waals surface area (Å²) in [5, 5.41) is 2.62. The number of nitrogens with one attached hydrogen (secondary N) is 1. The molecular formula is C29H38N2O8. The predicted octanol–water partition coefficient (Wildman–Crippen LogP) is 3.71. The molecule has 1 saturated heterocycles. The number of nitrogens with zero attached hydrogens (tertiary/aromatic N) is 1. The number of rotatable bonds is 10. The molecule has 1 amide bonds. The van der Waals surface area contributed by atoms with Crippen molar-refractivity contribution in [3.63, 3.8) is 0 Å². The monoisotopic (exact) mass is 542 g/mol. The van der Waals surface area contributed by atoms with Crippen LogP contribution in [0.3, 0.4) is 0 Å². The molecule has 39 heavy (non-hydrogen) atoms. The zero-order chi connectivity index (χ0) is 28.4. The summed E-state index contributed by atoms with van der Waals surface area (Å²) in [6, 6.07) is 10.2. The van der Waals surface area contributed by atoms with Crippen LogP contribution in [0.2, 0.25) is 0 Å². The number of hydrogen-bond acceptors (Lipinski definition) is 9. The highest BCUT2D eigenvalue weighted by molar-refractivity contribution is 5.98. The highest BCUT2D eigenvalue weighted by atomic mass is 16.6. The van der Waals surface area contributed by atoms with Crippen molar-refractivity contribution in [1.29, 1.82) is 0 Å². The quantitative estimate of drug-likeness (QED) is 0.448.